The highest BCUT2D eigenvalue weighted by Crippen LogP contribution is 2.42. The fourth-order valence-corrected chi connectivity index (χ4v) is 2.99. The van der Waals surface area contributed by atoms with E-state index in [-0.39, 0.29) is 5.56 Å². The maximum Gasteiger partial charge on any atom is 0.265 e. The molecule has 1 heterocycles. The van der Waals surface area contributed by atoms with Gasteiger partial charge >= 0.3 is 0 Å². The van der Waals surface area contributed by atoms with E-state index in [0.717, 1.165) is 28.6 Å². The lowest BCUT2D eigenvalue weighted by Gasteiger charge is -2.08. The predicted molar refractivity (Wildman–Crippen MR) is 82.7 cm³/mol. The van der Waals surface area contributed by atoms with Crippen LogP contribution in [0.2, 0.25) is 5.02 Å². The van der Waals surface area contributed by atoms with E-state index >= 15 is 0 Å². The average Bonchev–Trinajstić information content (AvgIpc) is 3.20. The van der Waals surface area contributed by atoms with Gasteiger partial charge in [0.25, 0.3) is 5.56 Å². The van der Waals surface area contributed by atoms with E-state index < -0.39 is 0 Å². The van der Waals surface area contributed by atoms with Crippen molar-refractivity contribution >= 4 is 43.5 Å². The third-order valence-corrected chi connectivity index (χ3v) is 4.63. The van der Waals surface area contributed by atoms with Crippen LogP contribution in [0.25, 0.3) is 11.4 Å². The fourth-order valence-electron chi connectivity index (χ4n) is 1.91. The summed E-state index contributed by atoms with van der Waals surface area (Å²) in [6.45, 7) is 0. The Bertz CT molecular complexity index is 710. The van der Waals surface area contributed by atoms with Gasteiger partial charge in [0.15, 0.2) is 0 Å². The van der Waals surface area contributed by atoms with E-state index in [0.29, 0.717) is 21.2 Å². The second kappa shape index (κ2) is 5.04. The number of nitrogens with one attached hydrogen (secondary N) is 1. The number of hydrogen-bond donors (Lipinski definition) is 1. The topological polar surface area (TPSA) is 45.8 Å². The molecule has 3 nitrogen and oxygen atoms in total. The van der Waals surface area contributed by atoms with Gasteiger partial charge in [-0.25, -0.2) is 4.98 Å². The molecule has 1 N–H and O–H groups in total. The zero-order chi connectivity index (χ0) is 13.6. The minimum absolute atomic E-state index is 0.164. The van der Waals surface area contributed by atoms with Crippen LogP contribution in [0.1, 0.15) is 24.5 Å². The molecule has 2 aromatic rings. The second-order valence-electron chi connectivity index (χ2n) is 4.51. The number of hydrogen-bond acceptors (Lipinski definition) is 2. The maximum absolute atomic E-state index is 12.0. The molecule has 1 saturated carbocycles. The Morgan fingerprint density at radius 3 is 2.74 bits per heavy atom. The van der Waals surface area contributed by atoms with E-state index in [1.54, 1.807) is 6.07 Å². The van der Waals surface area contributed by atoms with Crippen LogP contribution in [0, 0.1) is 0 Å². The number of aromatic nitrogens is 2. The lowest BCUT2D eigenvalue weighted by Crippen LogP contribution is -2.13. The monoisotopic (exact) mass is 402 g/mol. The molecule has 1 fully saturated rings. The van der Waals surface area contributed by atoms with Gasteiger partial charge < -0.3 is 4.98 Å². The predicted octanol–water partition coefficient (Wildman–Crippen LogP) is 4.49. The molecule has 0 unspecified atom stereocenters. The first-order chi connectivity index (χ1) is 9.06. The van der Waals surface area contributed by atoms with Crippen molar-refractivity contribution in [3.05, 3.63) is 48.2 Å². The normalized spacial score (nSPS) is 14.7. The molecule has 0 radical (unpaired) electrons. The molecular weight excluding hydrogens is 395 g/mol. The largest absolute Gasteiger partial charge is 0.305 e. The van der Waals surface area contributed by atoms with Gasteiger partial charge in [0.1, 0.15) is 10.3 Å². The molecular formula is C13H9Br2ClN2O. The SMILES string of the molecule is O=c1[nH]c(-c2cc(Br)ccc2Cl)nc(C2CC2)c1Br. The summed E-state index contributed by atoms with van der Waals surface area (Å²) in [5.41, 5.74) is 1.39. The van der Waals surface area contributed by atoms with E-state index in [1.165, 1.54) is 0 Å². The van der Waals surface area contributed by atoms with Crippen LogP contribution in [0.5, 0.6) is 0 Å². The van der Waals surface area contributed by atoms with E-state index in [1.807, 2.05) is 12.1 Å². The molecule has 6 heteroatoms. The van der Waals surface area contributed by atoms with Gasteiger partial charge in [0.2, 0.25) is 0 Å². The molecule has 19 heavy (non-hydrogen) atoms. The lowest BCUT2D eigenvalue weighted by atomic mass is 10.2. The third-order valence-electron chi connectivity index (χ3n) is 3.04. The fraction of sp³-hybridized carbons (Fsp3) is 0.231. The Hall–Kier alpha value is -0.650. The van der Waals surface area contributed by atoms with Gasteiger partial charge in [-0.3, -0.25) is 4.79 Å². The highest BCUT2D eigenvalue weighted by Gasteiger charge is 2.29. The number of benzene rings is 1. The highest BCUT2D eigenvalue weighted by atomic mass is 79.9. The number of nitrogens with zero attached hydrogens (tertiary/aromatic N) is 1. The standard InChI is InChI=1S/C13H9Br2ClN2O/c14-7-3-4-9(16)8(5-7)12-17-11(6-1-2-6)10(15)13(19)18-12/h3-6H,1-2H2,(H,17,18,19). The van der Waals surface area contributed by atoms with Crippen LogP contribution >= 0.6 is 43.5 Å². The van der Waals surface area contributed by atoms with Crippen molar-refractivity contribution in [2.24, 2.45) is 0 Å². The Labute approximate surface area is 131 Å². The highest BCUT2D eigenvalue weighted by molar-refractivity contribution is 9.10. The molecule has 1 aliphatic carbocycles. The summed E-state index contributed by atoms with van der Waals surface area (Å²) in [7, 11) is 0. The zero-order valence-corrected chi connectivity index (χ0v) is 13.6. The first-order valence-electron chi connectivity index (χ1n) is 5.81. The van der Waals surface area contributed by atoms with Crippen molar-refractivity contribution < 1.29 is 0 Å². The molecule has 1 aromatic carbocycles. The molecule has 1 aliphatic rings. The quantitative estimate of drug-likeness (QED) is 0.802. The molecule has 1 aromatic heterocycles. The van der Waals surface area contributed by atoms with Crippen molar-refractivity contribution in [1.29, 1.82) is 0 Å². The number of H-pyrrole nitrogens is 1. The van der Waals surface area contributed by atoms with Crippen molar-refractivity contribution in [2.75, 3.05) is 0 Å². The first kappa shape index (κ1) is 13.3. The number of halogens is 3. The average molecular weight is 404 g/mol. The maximum atomic E-state index is 12.0. The molecule has 0 saturated heterocycles. The summed E-state index contributed by atoms with van der Waals surface area (Å²) in [6, 6.07) is 5.48. The van der Waals surface area contributed by atoms with Gasteiger partial charge in [-0.2, -0.15) is 0 Å². The summed E-state index contributed by atoms with van der Waals surface area (Å²) in [4.78, 5) is 19.3. The van der Waals surface area contributed by atoms with Crippen LogP contribution in [-0.2, 0) is 0 Å². The van der Waals surface area contributed by atoms with E-state index in [2.05, 4.69) is 41.8 Å². The van der Waals surface area contributed by atoms with Gasteiger partial charge in [-0.1, -0.05) is 27.5 Å². The molecule has 0 amide bonds. The van der Waals surface area contributed by atoms with Crippen molar-refractivity contribution in [1.82, 2.24) is 9.97 Å². The smallest absolute Gasteiger partial charge is 0.265 e. The minimum atomic E-state index is -0.164. The van der Waals surface area contributed by atoms with Crippen molar-refractivity contribution in [3.63, 3.8) is 0 Å². The van der Waals surface area contributed by atoms with Crippen LogP contribution < -0.4 is 5.56 Å². The summed E-state index contributed by atoms with van der Waals surface area (Å²) in [6.07, 6.45) is 2.17. The minimum Gasteiger partial charge on any atom is -0.305 e. The van der Waals surface area contributed by atoms with E-state index in [4.69, 9.17) is 11.6 Å². The zero-order valence-electron chi connectivity index (χ0n) is 9.71. The van der Waals surface area contributed by atoms with Crippen LogP contribution in [0.3, 0.4) is 0 Å². The summed E-state index contributed by atoms with van der Waals surface area (Å²) < 4.78 is 1.43. The second-order valence-corrected chi connectivity index (χ2v) is 6.63. The van der Waals surface area contributed by atoms with E-state index in [9.17, 15) is 4.79 Å². The Morgan fingerprint density at radius 2 is 2.05 bits per heavy atom. The Morgan fingerprint density at radius 1 is 1.32 bits per heavy atom. The van der Waals surface area contributed by atoms with Gasteiger partial charge in [0.05, 0.1) is 10.7 Å². The molecule has 98 valence electrons. The van der Waals surface area contributed by atoms with Gasteiger partial charge in [0, 0.05) is 16.0 Å². The third kappa shape index (κ3) is 2.64. The van der Waals surface area contributed by atoms with Crippen LogP contribution in [-0.4, -0.2) is 9.97 Å². The summed E-state index contributed by atoms with van der Waals surface area (Å²) >= 11 is 12.9. The summed E-state index contributed by atoms with van der Waals surface area (Å²) in [5, 5.41) is 0.565. The number of aromatic amines is 1. The Balaban J connectivity index is 2.20. The van der Waals surface area contributed by atoms with Crippen LogP contribution in [0.15, 0.2) is 31.9 Å². The van der Waals surface area contributed by atoms with Gasteiger partial charge in [-0.05, 0) is 47.0 Å². The number of rotatable bonds is 2. The van der Waals surface area contributed by atoms with Crippen molar-refractivity contribution in [2.45, 2.75) is 18.8 Å². The Kier molecular flexibility index (Phi) is 3.53. The molecule has 0 atom stereocenters. The molecule has 0 spiro atoms. The molecule has 0 aliphatic heterocycles. The lowest BCUT2D eigenvalue weighted by molar-refractivity contribution is 0.960. The van der Waals surface area contributed by atoms with Gasteiger partial charge in [-0.15, -0.1) is 0 Å². The van der Waals surface area contributed by atoms with Crippen molar-refractivity contribution in [3.8, 4) is 11.4 Å². The molecule has 0 bridgehead atoms. The molecule has 3 rings (SSSR count). The summed E-state index contributed by atoms with van der Waals surface area (Å²) in [5.74, 6) is 0.905. The first-order valence-corrected chi connectivity index (χ1v) is 7.78. The van der Waals surface area contributed by atoms with Crippen LogP contribution in [0.4, 0.5) is 0 Å².